The Morgan fingerprint density at radius 3 is 2.02 bits per heavy atom. The van der Waals surface area contributed by atoms with Crippen LogP contribution in [0.4, 0.5) is 4.79 Å². The number of hydrogen-bond acceptors (Lipinski definition) is 8. The van der Waals surface area contributed by atoms with E-state index in [1.54, 1.807) is 30.3 Å². The van der Waals surface area contributed by atoms with E-state index in [2.05, 4.69) is 4.52 Å². The largest absolute Gasteiger partial charge is 0.524 e. The van der Waals surface area contributed by atoms with Crippen molar-refractivity contribution in [2.45, 2.75) is 43.3 Å². The number of ether oxygens (including phenoxy) is 1. The molecule has 0 radical (unpaired) electrons. The number of phosphoric acid groups is 1. The smallest absolute Gasteiger partial charge is 0.480 e. The fourth-order valence-electron chi connectivity index (χ4n) is 6.23. The lowest BCUT2D eigenvalue weighted by Gasteiger charge is -2.35. The molecule has 0 bridgehead atoms. The standard InChI is InChI=1S/C35H32N3O10P/c36-19-18-25(21-32(38(42)43)24-8-2-1-3-9-24)37(33(34(39)40)20-23-14-16-26(17-15-23)48-49(44,45)46)35(41)47-22-31-29-12-6-4-10-27(29)28-11-5-7-13-30(28)31/h1-17,25,31-33H,18,20-22H2,(H,39,40)(H2,44,45,46)/t25?,32?,33-/m0/s1. The molecule has 1 aliphatic rings. The van der Waals surface area contributed by atoms with Crippen molar-refractivity contribution in [1.29, 1.82) is 5.26 Å². The molecule has 4 aromatic carbocycles. The van der Waals surface area contributed by atoms with Gasteiger partial charge in [-0.1, -0.05) is 91.0 Å². The summed E-state index contributed by atoms with van der Waals surface area (Å²) in [5.74, 6) is -1.99. The van der Waals surface area contributed by atoms with Crippen LogP contribution in [0.3, 0.4) is 0 Å². The Labute approximate surface area is 281 Å². The first-order valence-corrected chi connectivity index (χ1v) is 16.8. The highest BCUT2D eigenvalue weighted by Crippen LogP contribution is 2.44. The molecule has 0 saturated heterocycles. The minimum atomic E-state index is -4.85. The molecule has 0 aliphatic heterocycles. The van der Waals surface area contributed by atoms with Crippen molar-refractivity contribution in [3.05, 3.63) is 135 Å². The number of fused-ring (bicyclic) bond motifs is 3. The number of carbonyl (C=O) groups excluding carboxylic acids is 1. The average Bonchev–Trinajstić information content (AvgIpc) is 3.39. The zero-order valence-electron chi connectivity index (χ0n) is 25.9. The van der Waals surface area contributed by atoms with E-state index in [0.29, 0.717) is 11.1 Å². The van der Waals surface area contributed by atoms with E-state index in [4.69, 9.17) is 14.5 Å². The van der Waals surface area contributed by atoms with Crippen molar-refractivity contribution in [3.8, 4) is 22.9 Å². The number of nitro groups is 1. The summed E-state index contributed by atoms with van der Waals surface area (Å²) >= 11 is 0. The minimum absolute atomic E-state index is 0.166. The number of nitriles is 1. The van der Waals surface area contributed by atoms with Crippen molar-refractivity contribution < 1.29 is 43.2 Å². The highest BCUT2D eigenvalue weighted by molar-refractivity contribution is 7.46. The normalized spacial score (nSPS) is 14.0. The molecule has 1 aliphatic carbocycles. The van der Waals surface area contributed by atoms with E-state index < -0.39 is 49.4 Å². The number of phosphoric ester groups is 1. The molecule has 13 nitrogen and oxygen atoms in total. The van der Waals surface area contributed by atoms with Gasteiger partial charge in [0.2, 0.25) is 6.04 Å². The van der Waals surface area contributed by atoms with Gasteiger partial charge in [0.1, 0.15) is 18.4 Å². The van der Waals surface area contributed by atoms with Crippen molar-refractivity contribution in [2.75, 3.05) is 6.61 Å². The average molecular weight is 686 g/mol. The summed E-state index contributed by atoms with van der Waals surface area (Å²) in [7, 11) is -4.85. The molecule has 1 amide bonds. The quantitative estimate of drug-likeness (QED) is 0.0787. The fourth-order valence-corrected chi connectivity index (χ4v) is 6.62. The Morgan fingerprint density at radius 1 is 0.918 bits per heavy atom. The maximum Gasteiger partial charge on any atom is 0.524 e. The molecule has 0 heterocycles. The van der Waals surface area contributed by atoms with E-state index in [1.807, 2.05) is 54.6 Å². The first kappa shape index (κ1) is 34.8. The molecule has 4 aromatic rings. The highest BCUT2D eigenvalue weighted by atomic mass is 31.2. The van der Waals surface area contributed by atoms with Crippen molar-refractivity contribution in [1.82, 2.24) is 4.90 Å². The van der Waals surface area contributed by atoms with Crippen LogP contribution < -0.4 is 4.52 Å². The molecule has 0 fully saturated rings. The third-order valence-electron chi connectivity index (χ3n) is 8.40. The van der Waals surface area contributed by atoms with E-state index >= 15 is 0 Å². The van der Waals surface area contributed by atoms with Gasteiger partial charge in [0.15, 0.2) is 0 Å². The number of carboxylic acid groups (broad SMARTS) is 1. The van der Waals surface area contributed by atoms with Gasteiger partial charge in [0.05, 0.1) is 18.5 Å². The minimum Gasteiger partial charge on any atom is -0.480 e. The Balaban J connectivity index is 1.49. The molecule has 3 N–H and O–H groups in total. The molecule has 2 unspecified atom stereocenters. The Hall–Kier alpha value is -5.54. The summed E-state index contributed by atoms with van der Waals surface area (Å²) in [5.41, 5.74) is 4.44. The first-order valence-electron chi connectivity index (χ1n) is 15.2. The number of nitrogens with zero attached hydrogens (tertiary/aromatic N) is 3. The molecule has 14 heteroatoms. The Kier molecular flexibility index (Phi) is 10.7. The van der Waals surface area contributed by atoms with Crippen LogP contribution in [0.15, 0.2) is 103 Å². The number of carbonyl (C=O) groups is 2. The van der Waals surface area contributed by atoms with E-state index in [9.17, 15) is 34.6 Å². The van der Waals surface area contributed by atoms with Crippen LogP contribution in [0.5, 0.6) is 5.75 Å². The zero-order valence-corrected chi connectivity index (χ0v) is 26.8. The fraction of sp³-hybridized carbons (Fsp3) is 0.229. The molecular weight excluding hydrogens is 653 g/mol. The maximum atomic E-state index is 14.1. The SMILES string of the molecule is N#CCC(CC(c1ccccc1)[N+](=O)[O-])N(C(=O)OCC1c2ccccc2-c2ccccc21)[C@@H](Cc1ccc(OP(=O)(O)O)cc1)C(=O)O. The van der Waals surface area contributed by atoms with Gasteiger partial charge in [0.25, 0.3) is 0 Å². The predicted octanol–water partition coefficient (Wildman–Crippen LogP) is 6.10. The third kappa shape index (κ3) is 8.31. The van der Waals surface area contributed by atoms with Gasteiger partial charge < -0.3 is 14.4 Å². The molecule has 0 spiro atoms. The van der Waals surface area contributed by atoms with Crippen molar-refractivity contribution >= 4 is 19.9 Å². The summed E-state index contributed by atoms with van der Waals surface area (Å²) in [5, 5.41) is 32.6. The van der Waals surface area contributed by atoms with Gasteiger partial charge in [-0.05, 0) is 39.9 Å². The third-order valence-corrected chi connectivity index (χ3v) is 8.85. The summed E-state index contributed by atoms with van der Waals surface area (Å²) < 4.78 is 21.7. The van der Waals surface area contributed by atoms with Crippen LogP contribution in [0.25, 0.3) is 11.1 Å². The van der Waals surface area contributed by atoms with E-state index in [0.717, 1.165) is 27.2 Å². The Morgan fingerprint density at radius 2 is 1.49 bits per heavy atom. The van der Waals surface area contributed by atoms with Crippen LogP contribution in [-0.4, -0.2) is 55.5 Å². The summed E-state index contributed by atoms with van der Waals surface area (Å²) in [4.78, 5) is 57.9. The summed E-state index contributed by atoms with van der Waals surface area (Å²) in [6, 6.07) is 26.2. The summed E-state index contributed by atoms with van der Waals surface area (Å²) in [6.07, 6.45) is -2.20. The number of rotatable bonds is 14. The number of aliphatic carboxylic acids is 1. The second kappa shape index (κ2) is 15.1. The molecule has 252 valence electrons. The molecular formula is C35H32N3O10P. The second-order valence-corrected chi connectivity index (χ2v) is 12.6. The number of hydrogen-bond donors (Lipinski definition) is 3. The summed E-state index contributed by atoms with van der Waals surface area (Å²) in [6.45, 7) is -0.166. The van der Waals surface area contributed by atoms with E-state index in [1.165, 1.54) is 24.3 Å². The predicted molar refractivity (Wildman–Crippen MR) is 176 cm³/mol. The topological polar surface area (TPSA) is 201 Å². The van der Waals surface area contributed by atoms with Gasteiger partial charge in [-0.15, -0.1) is 0 Å². The molecule has 0 aromatic heterocycles. The number of benzene rings is 4. The first-order chi connectivity index (χ1) is 23.5. The van der Waals surface area contributed by atoms with Crippen molar-refractivity contribution in [3.63, 3.8) is 0 Å². The van der Waals surface area contributed by atoms with Gasteiger partial charge in [0, 0.05) is 29.2 Å². The van der Waals surface area contributed by atoms with Crippen molar-refractivity contribution in [2.24, 2.45) is 0 Å². The lowest BCUT2D eigenvalue weighted by Crippen LogP contribution is -2.52. The van der Waals surface area contributed by atoms with Crippen LogP contribution in [0, 0.1) is 21.4 Å². The van der Waals surface area contributed by atoms with Gasteiger partial charge in [-0.2, -0.15) is 5.26 Å². The number of carboxylic acids is 1. The molecule has 5 rings (SSSR count). The van der Waals surface area contributed by atoms with Crippen LogP contribution in [-0.2, 0) is 20.5 Å². The van der Waals surface area contributed by atoms with Gasteiger partial charge in [-0.3, -0.25) is 24.8 Å². The lowest BCUT2D eigenvalue weighted by molar-refractivity contribution is -0.531. The monoisotopic (exact) mass is 685 g/mol. The number of amides is 1. The van der Waals surface area contributed by atoms with Crippen LogP contribution in [0.2, 0.25) is 0 Å². The van der Waals surface area contributed by atoms with Crippen LogP contribution >= 0.6 is 7.82 Å². The maximum absolute atomic E-state index is 14.1. The second-order valence-electron chi connectivity index (χ2n) is 11.5. The molecule has 3 atom stereocenters. The lowest BCUT2D eigenvalue weighted by atomic mass is 9.95. The van der Waals surface area contributed by atoms with Gasteiger partial charge >= 0.3 is 19.9 Å². The highest BCUT2D eigenvalue weighted by Gasteiger charge is 2.41. The van der Waals surface area contributed by atoms with Crippen LogP contribution in [0.1, 0.15) is 47.1 Å². The molecule has 49 heavy (non-hydrogen) atoms. The zero-order chi connectivity index (χ0) is 35.1. The van der Waals surface area contributed by atoms with E-state index in [-0.39, 0.29) is 31.1 Å². The Bertz CT molecular complexity index is 1860. The molecule has 0 saturated carbocycles. The van der Waals surface area contributed by atoms with Gasteiger partial charge in [-0.25, -0.2) is 14.2 Å².